The molecule has 4 heterocycles. The SMILES string of the molecule is CC(C)(C)OC(=O)N1CC2CN(c3cc(-c4ccc5c(c4)ncn5C4CCCCC4)c([N+](=O)[O-])c(N)n3)CC2C1. The number of likely N-dealkylation sites (tertiary alicyclic amines) is 1. The van der Waals surface area contributed by atoms with Crippen molar-refractivity contribution in [2.45, 2.75) is 64.5 Å². The first kappa shape index (κ1) is 26.3. The smallest absolute Gasteiger partial charge is 0.410 e. The minimum absolute atomic E-state index is 0.0993. The van der Waals surface area contributed by atoms with Crippen LogP contribution in [0.2, 0.25) is 0 Å². The van der Waals surface area contributed by atoms with Crippen LogP contribution < -0.4 is 10.6 Å². The fourth-order valence-corrected chi connectivity index (χ4v) is 6.62. The second-order valence-corrected chi connectivity index (χ2v) is 12.5. The number of hydrogen-bond acceptors (Lipinski definition) is 8. The molecule has 212 valence electrons. The molecule has 0 radical (unpaired) electrons. The van der Waals surface area contributed by atoms with E-state index in [9.17, 15) is 14.9 Å². The van der Waals surface area contributed by atoms with Gasteiger partial charge >= 0.3 is 11.8 Å². The van der Waals surface area contributed by atoms with E-state index in [0.717, 1.165) is 23.9 Å². The Kier molecular flexibility index (Phi) is 6.54. The van der Waals surface area contributed by atoms with Gasteiger partial charge in [-0.1, -0.05) is 25.3 Å². The molecule has 3 aromatic rings. The predicted octanol–water partition coefficient (Wildman–Crippen LogP) is 5.40. The van der Waals surface area contributed by atoms with Crippen molar-refractivity contribution in [2.24, 2.45) is 11.8 Å². The number of fused-ring (bicyclic) bond motifs is 2. The van der Waals surface area contributed by atoms with E-state index in [2.05, 4.69) is 19.4 Å². The zero-order valence-corrected chi connectivity index (χ0v) is 23.4. The molecule has 3 aliphatic rings. The van der Waals surface area contributed by atoms with Crippen LogP contribution in [0.1, 0.15) is 58.9 Å². The molecule has 3 fully saturated rings. The van der Waals surface area contributed by atoms with Gasteiger partial charge in [-0.05, 0) is 57.4 Å². The van der Waals surface area contributed by atoms with Crippen molar-refractivity contribution in [1.29, 1.82) is 0 Å². The Labute approximate surface area is 233 Å². The van der Waals surface area contributed by atoms with E-state index in [1.54, 1.807) is 11.0 Å². The topological polar surface area (TPSA) is 133 Å². The van der Waals surface area contributed by atoms with Gasteiger partial charge in [0.05, 0.1) is 27.8 Å². The van der Waals surface area contributed by atoms with Crippen LogP contribution in [0.15, 0.2) is 30.6 Å². The molecule has 2 atom stereocenters. The Balaban J connectivity index is 1.26. The number of nitro groups is 1. The number of ether oxygens (including phenoxy) is 1. The van der Waals surface area contributed by atoms with Crippen LogP contribution in [0.3, 0.4) is 0 Å². The molecule has 2 aromatic heterocycles. The lowest BCUT2D eigenvalue weighted by atomic mass is 9.95. The Bertz CT molecular complexity index is 1440. The lowest BCUT2D eigenvalue weighted by Crippen LogP contribution is -2.37. The lowest BCUT2D eigenvalue weighted by molar-refractivity contribution is -0.383. The molecular formula is C29H37N7O4. The van der Waals surface area contributed by atoms with Crippen LogP contribution in [0.5, 0.6) is 0 Å². The highest BCUT2D eigenvalue weighted by Crippen LogP contribution is 2.41. The first-order chi connectivity index (χ1) is 19.1. The number of hydrogen-bond donors (Lipinski definition) is 1. The molecule has 6 rings (SSSR count). The van der Waals surface area contributed by atoms with Crippen molar-refractivity contribution in [3.05, 3.63) is 40.7 Å². The summed E-state index contributed by atoms with van der Waals surface area (Å²) in [5, 5.41) is 12.1. The van der Waals surface area contributed by atoms with Gasteiger partial charge in [-0.25, -0.2) is 14.8 Å². The number of benzene rings is 1. The van der Waals surface area contributed by atoms with Crippen molar-refractivity contribution >= 4 is 34.4 Å². The summed E-state index contributed by atoms with van der Waals surface area (Å²) in [6, 6.07) is 8.07. The minimum atomic E-state index is -0.533. The van der Waals surface area contributed by atoms with Crippen molar-refractivity contribution in [1.82, 2.24) is 19.4 Å². The van der Waals surface area contributed by atoms with E-state index in [1.165, 1.54) is 19.3 Å². The summed E-state index contributed by atoms with van der Waals surface area (Å²) in [7, 11) is 0. The van der Waals surface area contributed by atoms with Crippen LogP contribution in [-0.4, -0.2) is 62.2 Å². The molecule has 2 unspecified atom stereocenters. The number of carbonyl (C=O) groups excluding carboxylic acids is 1. The average molecular weight is 548 g/mol. The Morgan fingerprint density at radius 3 is 2.42 bits per heavy atom. The molecule has 2 N–H and O–H groups in total. The summed E-state index contributed by atoms with van der Waals surface area (Å²) in [5.74, 6) is 1.06. The quantitative estimate of drug-likeness (QED) is 0.339. The second-order valence-electron chi connectivity index (χ2n) is 12.5. The minimum Gasteiger partial charge on any atom is -0.444 e. The molecule has 0 spiro atoms. The van der Waals surface area contributed by atoms with Crippen molar-refractivity contribution < 1.29 is 14.5 Å². The third kappa shape index (κ3) is 4.93. The third-order valence-electron chi connectivity index (χ3n) is 8.50. The molecule has 1 aromatic carbocycles. The summed E-state index contributed by atoms with van der Waals surface area (Å²) < 4.78 is 7.81. The third-order valence-corrected chi connectivity index (χ3v) is 8.50. The number of anilines is 2. The Morgan fingerprint density at radius 2 is 1.77 bits per heavy atom. The highest BCUT2D eigenvalue weighted by atomic mass is 16.6. The highest BCUT2D eigenvalue weighted by molar-refractivity contribution is 5.88. The number of pyridine rings is 1. The number of carbonyl (C=O) groups is 1. The maximum atomic E-state index is 12.6. The molecule has 1 saturated carbocycles. The van der Waals surface area contributed by atoms with Gasteiger partial charge in [-0.2, -0.15) is 0 Å². The van der Waals surface area contributed by atoms with E-state index >= 15 is 0 Å². The highest BCUT2D eigenvalue weighted by Gasteiger charge is 2.43. The monoisotopic (exact) mass is 547 g/mol. The van der Waals surface area contributed by atoms with Gasteiger partial charge in [0.25, 0.3) is 0 Å². The number of nitrogen functional groups attached to an aromatic ring is 1. The van der Waals surface area contributed by atoms with Crippen LogP contribution >= 0.6 is 0 Å². The normalized spacial score (nSPS) is 21.7. The molecule has 11 heteroatoms. The molecule has 2 aliphatic heterocycles. The Hall–Kier alpha value is -3.89. The summed E-state index contributed by atoms with van der Waals surface area (Å²) in [5.41, 5.74) is 8.48. The maximum absolute atomic E-state index is 12.6. The van der Waals surface area contributed by atoms with Gasteiger partial charge in [0, 0.05) is 44.1 Å². The number of amides is 1. The van der Waals surface area contributed by atoms with E-state index in [-0.39, 0.29) is 29.4 Å². The van der Waals surface area contributed by atoms with E-state index < -0.39 is 10.5 Å². The number of nitrogens with zero attached hydrogens (tertiary/aromatic N) is 6. The number of nitrogens with two attached hydrogens (primary N) is 1. The summed E-state index contributed by atoms with van der Waals surface area (Å²) in [6.45, 7) is 8.22. The maximum Gasteiger partial charge on any atom is 0.410 e. The van der Waals surface area contributed by atoms with Gasteiger partial charge in [-0.3, -0.25) is 10.1 Å². The second kappa shape index (κ2) is 9.94. The van der Waals surface area contributed by atoms with E-state index in [0.29, 0.717) is 49.2 Å². The number of rotatable bonds is 4. The van der Waals surface area contributed by atoms with Gasteiger partial charge in [0.2, 0.25) is 5.82 Å². The molecule has 11 nitrogen and oxygen atoms in total. The van der Waals surface area contributed by atoms with Crippen molar-refractivity contribution in [3.63, 3.8) is 0 Å². The number of imidazole rings is 1. The summed E-state index contributed by atoms with van der Waals surface area (Å²) >= 11 is 0. The zero-order valence-electron chi connectivity index (χ0n) is 23.4. The van der Waals surface area contributed by atoms with Crippen LogP contribution in [0.4, 0.5) is 22.1 Å². The van der Waals surface area contributed by atoms with Crippen LogP contribution in [0, 0.1) is 22.0 Å². The van der Waals surface area contributed by atoms with Gasteiger partial charge in [-0.15, -0.1) is 0 Å². The fraction of sp³-hybridized carbons (Fsp3) is 0.552. The fourth-order valence-electron chi connectivity index (χ4n) is 6.62. The molecule has 1 aliphatic carbocycles. The molecule has 0 bridgehead atoms. The molecular weight excluding hydrogens is 510 g/mol. The molecule has 40 heavy (non-hydrogen) atoms. The zero-order chi connectivity index (χ0) is 28.2. The first-order valence-electron chi connectivity index (χ1n) is 14.2. The predicted molar refractivity (Wildman–Crippen MR) is 153 cm³/mol. The van der Waals surface area contributed by atoms with Crippen molar-refractivity contribution in [3.8, 4) is 11.1 Å². The summed E-state index contributed by atoms with van der Waals surface area (Å²) in [6.07, 6.45) is 7.65. The van der Waals surface area contributed by atoms with Gasteiger partial charge in [0.15, 0.2) is 0 Å². The average Bonchev–Trinajstić information content (AvgIpc) is 3.60. The number of aromatic nitrogens is 3. The van der Waals surface area contributed by atoms with Crippen LogP contribution in [-0.2, 0) is 4.74 Å². The van der Waals surface area contributed by atoms with Crippen LogP contribution in [0.25, 0.3) is 22.2 Å². The lowest BCUT2D eigenvalue weighted by Gasteiger charge is -2.26. The van der Waals surface area contributed by atoms with Crippen molar-refractivity contribution in [2.75, 3.05) is 36.8 Å². The Morgan fingerprint density at radius 1 is 1.07 bits per heavy atom. The van der Waals surface area contributed by atoms with Gasteiger partial charge < -0.3 is 24.8 Å². The summed E-state index contributed by atoms with van der Waals surface area (Å²) in [4.78, 5) is 37.2. The largest absolute Gasteiger partial charge is 0.444 e. The molecule has 1 amide bonds. The van der Waals surface area contributed by atoms with E-state index in [1.807, 2.05) is 45.3 Å². The molecule has 2 saturated heterocycles. The standard InChI is InChI=1S/C29H37N7O4/c1-29(2,3)40-28(37)34-15-19-13-33(14-20(19)16-34)25-12-22(26(36(38)39)27(30)32-25)18-9-10-24-23(11-18)31-17-35(24)21-7-5-4-6-8-21/h9-12,17,19-21H,4-8,13-16H2,1-3H3,(H2,30,32). The van der Waals surface area contributed by atoms with Gasteiger partial charge in [0.1, 0.15) is 11.4 Å². The van der Waals surface area contributed by atoms with E-state index in [4.69, 9.17) is 10.5 Å². The first-order valence-corrected chi connectivity index (χ1v) is 14.2.